The van der Waals surface area contributed by atoms with Gasteiger partial charge in [0.15, 0.2) is 5.78 Å². The largest absolute Gasteiger partial charge is 0.294 e. The summed E-state index contributed by atoms with van der Waals surface area (Å²) in [6.07, 6.45) is 1.81. The Morgan fingerprint density at radius 1 is 1.35 bits per heavy atom. The molecule has 94 valence electrons. The summed E-state index contributed by atoms with van der Waals surface area (Å²) in [4.78, 5) is 11.9. The molecule has 1 aromatic carbocycles. The van der Waals surface area contributed by atoms with Crippen LogP contribution in [0.25, 0.3) is 0 Å². The van der Waals surface area contributed by atoms with Gasteiger partial charge < -0.3 is 0 Å². The molecule has 0 fully saturated rings. The standard InChI is InChI=1S/C12H15BrO3S/c1-9-5-3-6-10(12(9)13)11(14)7-4-8-17(2,15)16/h3,5-6H,4,7-8H2,1-2H3. The van der Waals surface area contributed by atoms with Gasteiger partial charge >= 0.3 is 0 Å². The third-order valence-corrected chi connectivity index (χ3v) is 4.49. The number of rotatable bonds is 5. The van der Waals surface area contributed by atoms with Crippen LogP contribution < -0.4 is 0 Å². The van der Waals surface area contributed by atoms with Crippen LogP contribution in [0.1, 0.15) is 28.8 Å². The van der Waals surface area contributed by atoms with E-state index in [1.807, 2.05) is 19.1 Å². The minimum absolute atomic E-state index is 0.0239. The average molecular weight is 319 g/mol. The summed E-state index contributed by atoms with van der Waals surface area (Å²) in [7, 11) is -2.98. The van der Waals surface area contributed by atoms with Crippen molar-refractivity contribution in [1.29, 1.82) is 0 Å². The SMILES string of the molecule is Cc1cccc(C(=O)CCCS(C)(=O)=O)c1Br. The molecule has 0 aliphatic heterocycles. The lowest BCUT2D eigenvalue weighted by molar-refractivity contribution is 0.0981. The molecule has 17 heavy (non-hydrogen) atoms. The molecular formula is C12H15BrO3S. The second-order valence-corrected chi connectivity index (χ2v) is 7.15. The van der Waals surface area contributed by atoms with E-state index in [0.29, 0.717) is 12.0 Å². The van der Waals surface area contributed by atoms with E-state index < -0.39 is 9.84 Å². The summed E-state index contributed by atoms with van der Waals surface area (Å²) in [6, 6.07) is 5.49. The van der Waals surface area contributed by atoms with Crippen LogP contribution in [0.2, 0.25) is 0 Å². The van der Waals surface area contributed by atoms with Crippen LogP contribution in [0.4, 0.5) is 0 Å². The highest BCUT2D eigenvalue weighted by Gasteiger charge is 2.12. The lowest BCUT2D eigenvalue weighted by Gasteiger charge is -2.05. The summed E-state index contributed by atoms with van der Waals surface area (Å²) < 4.78 is 22.7. The van der Waals surface area contributed by atoms with Crippen molar-refractivity contribution in [2.45, 2.75) is 19.8 Å². The van der Waals surface area contributed by atoms with E-state index in [1.54, 1.807) is 6.07 Å². The molecule has 0 atom stereocenters. The maximum atomic E-state index is 11.9. The fraction of sp³-hybridized carbons (Fsp3) is 0.417. The maximum absolute atomic E-state index is 11.9. The Balaban J connectivity index is 2.68. The van der Waals surface area contributed by atoms with Gasteiger partial charge in [0.25, 0.3) is 0 Å². The van der Waals surface area contributed by atoms with Gasteiger partial charge in [0, 0.05) is 22.7 Å². The van der Waals surface area contributed by atoms with E-state index in [1.165, 1.54) is 6.26 Å². The van der Waals surface area contributed by atoms with Crippen LogP contribution in [-0.4, -0.2) is 26.2 Å². The first kappa shape index (κ1) is 14.4. The van der Waals surface area contributed by atoms with Crippen molar-refractivity contribution in [3.63, 3.8) is 0 Å². The van der Waals surface area contributed by atoms with Crippen molar-refractivity contribution in [2.75, 3.05) is 12.0 Å². The topological polar surface area (TPSA) is 51.2 Å². The van der Waals surface area contributed by atoms with Crippen LogP contribution in [-0.2, 0) is 9.84 Å². The first-order valence-corrected chi connectivity index (χ1v) is 8.12. The van der Waals surface area contributed by atoms with Crippen molar-refractivity contribution in [3.05, 3.63) is 33.8 Å². The molecule has 3 nitrogen and oxygen atoms in total. The van der Waals surface area contributed by atoms with Gasteiger partial charge in [0.05, 0.1) is 5.75 Å². The van der Waals surface area contributed by atoms with Crippen LogP contribution in [0, 0.1) is 6.92 Å². The Kier molecular flexibility index (Phi) is 4.89. The number of carbonyl (C=O) groups is 1. The Morgan fingerprint density at radius 3 is 2.59 bits per heavy atom. The van der Waals surface area contributed by atoms with E-state index in [2.05, 4.69) is 15.9 Å². The van der Waals surface area contributed by atoms with Crippen molar-refractivity contribution in [1.82, 2.24) is 0 Å². The van der Waals surface area contributed by atoms with Gasteiger partial charge in [-0.2, -0.15) is 0 Å². The van der Waals surface area contributed by atoms with E-state index in [9.17, 15) is 13.2 Å². The summed E-state index contributed by atoms with van der Waals surface area (Å²) in [5.74, 6) is 0.0338. The van der Waals surface area contributed by atoms with Gasteiger partial charge in [0.2, 0.25) is 0 Å². The smallest absolute Gasteiger partial charge is 0.164 e. The van der Waals surface area contributed by atoms with Gasteiger partial charge in [-0.25, -0.2) is 8.42 Å². The van der Waals surface area contributed by atoms with E-state index >= 15 is 0 Å². The number of Topliss-reactive ketones (excluding diaryl/α,β-unsaturated/α-hetero) is 1. The molecule has 1 rings (SSSR count). The van der Waals surface area contributed by atoms with Gasteiger partial charge in [0.1, 0.15) is 9.84 Å². The number of halogens is 1. The number of carbonyl (C=O) groups excluding carboxylic acids is 1. The van der Waals surface area contributed by atoms with E-state index in [-0.39, 0.29) is 18.0 Å². The minimum atomic E-state index is -2.98. The summed E-state index contributed by atoms with van der Waals surface area (Å²) in [5, 5.41) is 0. The van der Waals surface area contributed by atoms with Crippen LogP contribution >= 0.6 is 15.9 Å². The molecule has 0 bridgehead atoms. The summed E-state index contributed by atoms with van der Waals surface area (Å²) >= 11 is 3.37. The summed E-state index contributed by atoms with van der Waals surface area (Å²) in [5.41, 5.74) is 1.62. The van der Waals surface area contributed by atoms with Gasteiger partial charge in [-0.1, -0.05) is 18.2 Å². The highest BCUT2D eigenvalue weighted by atomic mass is 79.9. The fourth-order valence-corrected chi connectivity index (χ4v) is 2.65. The highest BCUT2D eigenvalue weighted by Crippen LogP contribution is 2.22. The number of ketones is 1. The molecule has 0 unspecified atom stereocenters. The third kappa shape index (κ3) is 4.60. The average Bonchev–Trinajstić information content (AvgIpc) is 2.20. The lowest BCUT2D eigenvalue weighted by Crippen LogP contribution is -2.07. The predicted octanol–water partition coefficient (Wildman–Crippen LogP) is 2.77. The first-order chi connectivity index (χ1) is 7.81. The molecule has 0 amide bonds. The van der Waals surface area contributed by atoms with Crippen molar-refractivity contribution in [3.8, 4) is 0 Å². The lowest BCUT2D eigenvalue weighted by atomic mass is 10.0. The van der Waals surface area contributed by atoms with Crippen molar-refractivity contribution >= 4 is 31.6 Å². The van der Waals surface area contributed by atoms with Gasteiger partial charge in [-0.3, -0.25) is 4.79 Å². The van der Waals surface area contributed by atoms with Gasteiger partial charge in [-0.05, 0) is 34.8 Å². The predicted molar refractivity (Wildman–Crippen MR) is 72.2 cm³/mol. The third-order valence-electron chi connectivity index (χ3n) is 2.41. The maximum Gasteiger partial charge on any atom is 0.164 e. The zero-order valence-corrected chi connectivity index (χ0v) is 12.3. The highest BCUT2D eigenvalue weighted by molar-refractivity contribution is 9.10. The molecule has 0 heterocycles. The molecule has 0 saturated carbocycles. The van der Waals surface area contributed by atoms with Crippen LogP contribution in [0.5, 0.6) is 0 Å². The molecule has 1 aromatic rings. The molecule has 5 heteroatoms. The Hall–Kier alpha value is -0.680. The molecule has 0 saturated heterocycles. The second-order valence-electron chi connectivity index (χ2n) is 4.09. The first-order valence-electron chi connectivity index (χ1n) is 5.27. The van der Waals surface area contributed by atoms with E-state index in [0.717, 1.165) is 10.0 Å². The fourth-order valence-electron chi connectivity index (χ4n) is 1.49. The monoisotopic (exact) mass is 318 g/mol. The quantitative estimate of drug-likeness (QED) is 0.784. The molecule has 0 radical (unpaired) electrons. The zero-order valence-electron chi connectivity index (χ0n) is 9.86. The number of hydrogen-bond acceptors (Lipinski definition) is 3. The van der Waals surface area contributed by atoms with Crippen molar-refractivity contribution in [2.24, 2.45) is 0 Å². The molecule has 0 spiro atoms. The van der Waals surface area contributed by atoms with E-state index in [4.69, 9.17) is 0 Å². The molecule has 0 aliphatic carbocycles. The van der Waals surface area contributed by atoms with Crippen molar-refractivity contribution < 1.29 is 13.2 Å². The Labute approximate surface area is 110 Å². The molecule has 0 N–H and O–H groups in total. The Bertz CT molecular complexity index is 521. The normalized spacial score (nSPS) is 11.5. The van der Waals surface area contributed by atoms with Gasteiger partial charge in [-0.15, -0.1) is 0 Å². The number of aryl methyl sites for hydroxylation is 1. The minimum Gasteiger partial charge on any atom is -0.294 e. The summed E-state index contributed by atoms with van der Waals surface area (Å²) in [6.45, 7) is 1.91. The second kappa shape index (κ2) is 5.78. The van der Waals surface area contributed by atoms with Crippen LogP contribution in [0.15, 0.2) is 22.7 Å². The number of sulfone groups is 1. The number of benzene rings is 1. The molecule has 0 aromatic heterocycles. The number of hydrogen-bond donors (Lipinski definition) is 0. The Morgan fingerprint density at radius 2 is 2.00 bits per heavy atom. The zero-order chi connectivity index (χ0) is 13.1. The van der Waals surface area contributed by atoms with Crippen LogP contribution in [0.3, 0.4) is 0 Å². The molecule has 0 aliphatic rings. The molecular weight excluding hydrogens is 304 g/mol.